The third kappa shape index (κ3) is 3.96. The van der Waals surface area contributed by atoms with Crippen LogP contribution < -0.4 is 0 Å². The van der Waals surface area contributed by atoms with E-state index in [2.05, 4.69) is 30.4 Å². The summed E-state index contributed by atoms with van der Waals surface area (Å²) in [5.41, 5.74) is 1.15. The zero-order valence-electron chi connectivity index (χ0n) is 10.6. The third-order valence-corrected chi connectivity index (χ3v) is 2.89. The number of hydrogen-bond donors (Lipinski definition) is 0. The largest absolute Gasteiger partial charge is 0.459 e. The maximum atomic E-state index is 11.1. The van der Waals surface area contributed by atoms with Crippen molar-refractivity contribution in [3.8, 4) is 11.8 Å². The van der Waals surface area contributed by atoms with Gasteiger partial charge in [0.1, 0.15) is 0 Å². The van der Waals surface area contributed by atoms with Crippen molar-refractivity contribution in [1.82, 2.24) is 0 Å². The molecule has 2 unspecified atom stereocenters. The van der Waals surface area contributed by atoms with Gasteiger partial charge in [0.15, 0.2) is 0 Å². The molecule has 0 radical (unpaired) electrons. The minimum atomic E-state index is -0.478. The first-order chi connectivity index (χ1) is 8.19. The quantitative estimate of drug-likeness (QED) is 0.453. The Morgan fingerprint density at radius 2 is 2.00 bits per heavy atom. The molecule has 1 aromatic rings. The number of esters is 1. The van der Waals surface area contributed by atoms with Gasteiger partial charge in [0.05, 0.1) is 7.11 Å². The molecule has 1 rings (SSSR count). The van der Waals surface area contributed by atoms with Gasteiger partial charge in [-0.05, 0) is 11.5 Å². The Kier molecular flexibility index (Phi) is 5.29. The normalized spacial score (nSPS) is 13.1. The van der Waals surface area contributed by atoms with Gasteiger partial charge in [0, 0.05) is 11.8 Å². The van der Waals surface area contributed by atoms with Gasteiger partial charge in [-0.15, -0.1) is 0 Å². The molecule has 0 saturated heterocycles. The van der Waals surface area contributed by atoms with Crippen LogP contribution in [0.5, 0.6) is 0 Å². The van der Waals surface area contributed by atoms with E-state index in [1.807, 2.05) is 30.3 Å². The van der Waals surface area contributed by atoms with Crippen molar-refractivity contribution in [2.45, 2.75) is 26.2 Å². The number of benzene rings is 1. The van der Waals surface area contributed by atoms with Gasteiger partial charge in [-0.25, -0.2) is 4.79 Å². The van der Waals surface area contributed by atoms with Gasteiger partial charge in [0.25, 0.3) is 0 Å². The third-order valence-electron chi connectivity index (χ3n) is 2.89. The fourth-order valence-corrected chi connectivity index (χ4v) is 1.64. The van der Waals surface area contributed by atoms with Crippen molar-refractivity contribution in [1.29, 1.82) is 0 Å². The van der Waals surface area contributed by atoms with Crippen LogP contribution in [-0.2, 0) is 9.53 Å². The first-order valence-corrected chi connectivity index (χ1v) is 5.83. The lowest BCUT2D eigenvalue weighted by molar-refractivity contribution is -0.133. The predicted octanol–water partition coefficient (Wildman–Crippen LogP) is 2.99. The highest BCUT2D eigenvalue weighted by Gasteiger charge is 2.15. The molecule has 2 nitrogen and oxygen atoms in total. The standard InChI is InChI=1S/C15H18O2/c1-4-12(2)14(10-11-15(16)17-3)13-8-6-5-7-9-13/h5-9,12,14H,4H2,1-3H3. The molecule has 0 N–H and O–H groups in total. The average Bonchev–Trinajstić information content (AvgIpc) is 2.39. The van der Waals surface area contributed by atoms with E-state index in [0.29, 0.717) is 5.92 Å². The molecule has 0 aromatic heterocycles. The van der Waals surface area contributed by atoms with Crippen molar-refractivity contribution in [3.63, 3.8) is 0 Å². The first kappa shape index (κ1) is 13.3. The second-order valence-corrected chi connectivity index (χ2v) is 4.03. The van der Waals surface area contributed by atoms with E-state index < -0.39 is 5.97 Å². The van der Waals surface area contributed by atoms with Gasteiger partial charge in [-0.2, -0.15) is 0 Å². The lowest BCUT2D eigenvalue weighted by Gasteiger charge is -2.17. The summed E-state index contributed by atoms with van der Waals surface area (Å²) < 4.78 is 4.54. The van der Waals surface area contributed by atoms with Crippen molar-refractivity contribution in [2.24, 2.45) is 5.92 Å². The Morgan fingerprint density at radius 1 is 1.35 bits per heavy atom. The molecule has 2 atom stereocenters. The maximum Gasteiger partial charge on any atom is 0.384 e. The topological polar surface area (TPSA) is 26.3 Å². The number of hydrogen-bond acceptors (Lipinski definition) is 2. The highest BCUT2D eigenvalue weighted by atomic mass is 16.5. The summed E-state index contributed by atoms with van der Waals surface area (Å²) >= 11 is 0. The van der Waals surface area contributed by atoms with Crippen LogP contribution in [0.15, 0.2) is 30.3 Å². The van der Waals surface area contributed by atoms with E-state index in [0.717, 1.165) is 12.0 Å². The van der Waals surface area contributed by atoms with Crippen LogP contribution in [0.3, 0.4) is 0 Å². The SMILES string of the molecule is CCC(C)C(C#CC(=O)OC)c1ccccc1. The Hall–Kier alpha value is -1.75. The van der Waals surface area contributed by atoms with Crippen LogP contribution >= 0.6 is 0 Å². The van der Waals surface area contributed by atoms with Crippen LogP contribution in [0, 0.1) is 17.8 Å². The molecule has 0 aliphatic carbocycles. The zero-order valence-corrected chi connectivity index (χ0v) is 10.6. The number of rotatable bonds is 3. The van der Waals surface area contributed by atoms with Gasteiger partial charge in [-0.1, -0.05) is 56.5 Å². The fourth-order valence-electron chi connectivity index (χ4n) is 1.64. The smallest absolute Gasteiger partial charge is 0.384 e. The summed E-state index contributed by atoms with van der Waals surface area (Å²) in [6.45, 7) is 4.27. The molecule has 0 aliphatic rings. The minimum Gasteiger partial charge on any atom is -0.459 e. The Bertz CT molecular complexity index is 412. The fraction of sp³-hybridized carbons (Fsp3) is 0.400. The number of carbonyl (C=O) groups excluding carboxylic acids is 1. The van der Waals surface area contributed by atoms with Gasteiger partial charge in [0.2, 0.25) is 0 Å². The highest BCUT2D eigenvalue weighted by Crippen LogP contribution is 2.25. The van der Waals surface area contributed by atoms with E-state index in [9.17, 15) is 4.79 Å². The van der Waals surface area contributed by atoms with Crippen molar-refractivity contribution < 1.29 is 9.53 Å². The molecule has 17 heavy (non-hydrogen) atoms. The molecule has 2 heteroatoms. The zero-order chi connectivity index (χ0) is 12.7. The first-order valence-electron chi connectivity index (χ1n) is 5.83. The Morgan fingerprint density at radius 3 is 2.53 bits per heavy atom. The Balaban J connectivity index is 2.96. The van der Waals surface area contributed by atoms with E-state index >= 15 is 0 Å². The second-order valence-electron chi connectivity index (χ2n) is 4.03. The molecule has 90 valence electrons. The second kappa shape index (κ2) is 6.75. The monoisotopic (exact) mass is 230 g/mol. The molecule has 0 saturated carbocycles. The van der Waals surface area contributed by atoms with Gasteiger partial charge >= 0.3 is 5.97 Å². The van der Waals surface area contributed by atoms with E-state index in [4.69, 9.17) is 0 Å². The molecule has 0 fully saturated rings. The summed E-state index contributed by atoms with van der Waals surface area (Å²) in [6, 6.07) is 10.0. The van der Waals surface area contributed by atoms with Crippen LogP contribution in [0.2, 0.25) is 0 Å². The van der Waals surface area contributed by atoms with E-state index in [1.54, 1.807) is 0 Å². The van der Waals surface area contributed by atoms with Crippen molar-refractivity contribution in [3.05, 3.63) is 35.9 Å². The lowest BCUT2D eigenvalue weighted by atomic mass is 9.86. The molecule has 0 bridgehead atoms. The van der Waals surface area contributed by atoms with Gasteiger partial charge < -0.3 is 4.74 Å². The summed E-state index contributed by atoms with van der Waals surface area (Å²) in [7, 11) is 1.35. The summed E-state index contributed by atoms with van der Waals surface area (Å²) in [5.74, 6) is 5.57. The molecule has 0 amide bonds. The Labute approximate surface area is 103 Å². The van der Waals surface area contributed by atoms with Crippen molar-refractivity contribution >= 4 is 5.97 Å². The van der Waals surface area contributed by atoms with Crippen LogP contribution in [0.25, 0.3) is 0 Å². The molecular weight excluding hydrogens is 212 g/mol. The van der Waals surface area contributed by atoms with E-state index in [-0.39, 0.29) is 5.92 Å². The van der Waals surface area contributed by atoms with Crippen molar-refractivity contribution in [2.75, 3.05) is 7.11 Å². The summed E-state index contributed by atoms with van der Waals surface area (Å²) in [4.78, 5) is 11.1. The molecule has 0 spiro atoms. The number of carbonyl (C=O) groups is 1. The lowest BCUT2D eigenvalue weighted by Crippen LogP contribution is -2.08. The maximum absolute atomic E-state index is 11.1. The molecule has 0 heterocycles. The van der Waals surface area contributed by atoms with E-state index in [1.165, 1.54) is 7.11 Å². The molecule has 0 aliphatic heterocycles. The number of ether oxygens (including phenoxy) is 1. The molecular formula is C15H18O2. The van der Waals surface area contributed by atoms with Crippen LogP contribution in [0.1, 0.15) is 31.7 Å². The van der Waals surface area contributed by atoms with Crippen LogP contribution in [-0.4, -0.2) is 13.1 Å². The molecule has 1 aromatic carbocycles. The predicted molar refractivity (Wildman–Crippen MR) is 68.4 cm³/mol. The number of methoxy groups -OCH3 is 1. The van der Waals surface area contributed by atoms with Gasteiger partial charge in [-0.3, -0.25) is 0 Å². The minimum absolute atomic E-state index is 0.0836. The average molecular weight is 230 g/mol. The highest BCUT2D eigenvalue weighted by molar-refractivity contribution is 5.88. The summed E-state index contributed by atoms with van der Waals surface area (Å²) in [6.07, 6.45) is 1.02. The summed E-state index contributed by atoms with van der Waals surface area (Å²) in [5, 5.41) is 0. The van der Waals surface area contributed by atoms with Crippen LogP contribution in [0.4, 0.5) is 0 Å².